The zero-order chi connectivity index (χ0) is 15.7. The van der Waals surface area contributed by atoms with Gasteiger partial charge < -0.3 is 5.11 Å². The number of carbonyl (C=O) groups is 1. The van der Waals surface area contributed by atoms with Crippen LogP contribution in [0.5, 0.6) is 0 Å². The van der Waals surface area contributed by atoms with Gasteiger partial charge in [0.15, 0.2) is 5.69 Å². The monoisotopic (exact) mass is 294 g/mol. The molecule has 0 saturated heterocycles. The zero-order valence-electron chi connectivity index (χ0n) is 12.2. The molecular weight excluding hydrogens is 280 g/mol. The first-order valence-electron chi connectivity index (χ1n) is 6.74. The molecule has 0 atom stereocenters. The van der Waals surface area contributed by atoms with E-state index < -0.39 is 5.97 Å². The van der Waals surface area contributed by atoms with E-state index >= 15 is 0 Å². The van der Waals surface area contributed by atoms with Crippen LogP contribution in [0.1, 0.15) is 21.9 Å². The van der Waals surface area contributed by atoms with Gasteiger partial charge in [-0.1, -0.05) is 12.1 Å². The lowest BCUT2D eigenvalue weighted by Crippen LogP contribution is -2.03. The molecule has 0 fully saturated rings. The molecule has 2 heterocycles. The molecule has 0 spiro atoms. The highest BCUT2D eigenvalue weighted by atomic mass is 16.4. The van der Waals surface area contributed by atoms with Gasteiger partial charge >= 0.3 is 5.97 Å². The van der Waals surface area contributed by atoms with Crippen LogP contribution in [0, 0.1) is 13.8 Å². The van der Waals surface area contributed by atoms with Crippen molar-refractivity contribution in [1.29, 1.82) is 0 Å². The van der Waals surface area contributed by atoms with E-state index in [0.29, 0.717) is 5.69 Å². The lowest BCUT2D eigenvalue weighted by Gasteiger charge is -2.07. The van der Waals surface area contributed by atoms with Crippen molar-refractivity contribution < 1.29 is 9.90 Å². The van der Waals surface area contributed by atoms with Gasteiger partial charge in [-0.15, -0.1) is 0 Å². The fourth-order valence-corrected chi connectivity index (χ4v) is 2.30. The first kappa shape index (κ1) is 13.9. The first-order chi connectivity index (χ1) is 10.5. The van der Waals surface area contributed by atoms with Gasteiger partial charge in [-0.05, 0) is 32.0 Å². The molecular formula is C16H14N4O2. The van der Waals surface area contributed by atoms with E-state index in [9.17, 15) is 4.79 Å². The van der Waals surface area contributed by atoms with Crippen molar-refractivity contribution in [2.75, 3.05) is 0 Å². The van der Waals surface area contributed by atoms with Crippen LogP contribution in [0.2, 0.25) is 0 Å². The SMILES string of the molecule is Cc1cc(C)n(-c2cccc(-c3cncc(C(=O)O)n3)c2)n1. The summed E-state index contributed by atoms with van der Waals surface area (Å²) in [6, 6.07) is 9.60. The molecule has 22 heavy (non-hydrogen) atoms. The highest BCUT2D eigenvalue weighted by Gasteiger charge is 2.09. The van der Waals surface area contributed by atoms with Gasteiger partial charge in [0, 0.05) is 11.3 Å². The van der Waals surface area contributed by atoms with Crippen molar-refractivity contribution in [3.05, 3.63) is 59.8 Å². The number of carboxylic acid groups (broad SMARTS) is 1. The summed E-state index contributed by atoms with van der Waals surface area (Å²) in [5, 5.41) is 13.5. The number of aromatic nitrogens is 4. The second-order valence-corrected chi connectivity index (χ2v) is 4.98. The van der Waals surface area contributed by atoms with E-state index in [1.54, 1.807) is 6.20 Å². The molecule has 3 rings (SSSR count). The zero-order valence-corrected chi connectivity index (χ0v) is 12.2. The van der Waals surface area contributed by atoms with Gasteiger partial charge in [-0.3, -0.25) is 4.98 Å². The molecule has 0 unspecified atom stereocenters. The molecule has 0 saturated carbocycles. The lowest BCUT2D eigenvalue weighted by atomic mass is 10.1. The normalized spacial score (nSPS) is 10.6. The van der Waals surface area contributed by atoms with Crippen molar-refractivity contribution in [1.82, 2.24) is 19.7 Å². The van der Waals surface area contributed by atoms with Crippen molar-refractivity contribution in [2.24, 2.45) is 0 Å². The number of aryl methyl sites for hydroxylation is 2. The molecule has 1 aromatic carbocycles. The number of carboxylic acids is 1. The van der Waals surface area contributed by atoms with E-state index in [-0.39, 0.29) is 5.69 Å². The molecule has 0 bridgehead atoms. The summed E-state index contributed by atoms with van der Waals surface area (Å²) in [4.78, 5) is 19.1. The van der Waals surface area contributed by atoms with Crippen LogP contribution in [0.4, 0.5) is 0 Å². The molecule has 0 amide bonds. The first-order valence-corrected chi connectivity index (χ1v) is 6.74. The van der Waals surface area contributed by atoms with Gasteiger partial charge in [0.25, 0.3) is 0 Å². The topological polar surface area (TPSA) is 80.9 Å². The summed E-state index contributed by atoms with van der Waals surface area (Å²) in [5.74, 6) is -1.09. The molecule has 1 N–H and O–H groups in total. The molecule has 6 nitrogen and oxygen atoms in total. The van der Waals surface area contributed by atoms with Gasteiger partial charge in [0.2, 0.25) is 0 Å². The smallest absolute Gasteiger partial charge is 0.356 e. The lowest BCUT2D eigenvalue weighted by molar-refractivity contribution is 0.0690. The third-order valence-electron chi connectivity index (χ3n) is 3.25. The third kappa shape index (κ3) is 2.58. The Kier molecular flexibility index (Phi) is 3.42. The van der Waals surface area contributed by atoms with Crippen LogP contribution in [-0.4, -0.2) is 30.8 Å². The summed E-state index contributed by atoms with van der Waals surface area (Å²) in [5.41, 5.74) is 4.10. The Morgan fingerprint density at radius 2 is 2.00 bits per heavy atom. The van der Waals surface area contributed by atoms with Gasteiger partial charge in [-0.25, -0.2) is 14.5 Å². The number of aromatic carboxylic acids is 1. The Hall–Kier alpha value is -3.02. The van der Waals surface area contributed by atoms with Gasteiger partial charge in [-0.2, -0.15) is 5.10 Å². The molecule has 6 heteroatoms. The fraction of sp³-hybridized carbons (Fsp3) is 0.125. The number of hydrogen-bond acceptors (Lipinski definition) is 4. The van der Waals surface area contributed by atoms with E-state index in [1.165, 1.54) is 6.20 Å². The molecule has 110 valence electrons. The minimum atomic E-state index is -1.09. The number of nitrogens with zero attached hydrogens (tertiary/aromatic N) is 4. The van der Waals surface area contributed by atoms with Crippen molar-refractivity contribution >= 4 is 5.97 Å². The van der Waals surface area contributed by atoms with Gasteiger partial charge in [0.1, 0.15) is 0 Å². The van der Waals surface area contributed by atoms with E-state index in [2.05, 4.69) is 15.1 Å². The molecule has 0 aliphatic carbocycles. The van der Waals surface area contributed by atoms with Crippen LogP contribution in [0.25, 0.3) is 16.9 Å². The molecule has 0 aliphatic heterocycles. The average molecular weight is 294 g/mol. The molecule has 2 aromatic heterocycles. The predicted molar refractivity (Wildman–Crippen MR) is 81.0 cm³/mol. The van der Waals surface area contributed by atoms with E-state index in [4.69, 9.17) is 5.11 Å². The summed E-state index contributed by atoms with van der Waals surface area (Å²) in [7, 11) is 0. The van der Waals surface area contributed by atoms with Crippen LogP contribution in [0.3, 0.4) is 0 Å². The number of hydrogen-bond donors (Lipinski definition) is 1. The van der Waals surface area contributed by atoms with Crippen LogP contribution in [-0.2, 0) is 0 Å². The van der Waals surface area contributed by atoms with Crippen molar-refractivity contribution in [3.8, 4) is 16.9 Å². The molecule has 0 aliphatic rings. The largest absolute Gasteiger partial charge is 0.476 e. The van der Waals surface area contributed by atoms with Crippen LogP contribution >= 0.6 is 0 Å². The summed E-state index contributed by atoms with van der Waals surface area (Å²) in [6.07, 6.45) is 2.78. The van der Waals surface area contributed by atoms with Crippen LogP contribution in [0.15, 0.2) is 42.7 Å². The van der Waals surface area contributed by atoms with Crippen LogP contribution < -0.4 is 0 Å². The summed E-state index contributed by atoms with van der Waals surface area (Å²) < 4.78 is 1.84. The Morgan fingerprint density at radius 1 is 1.18 bits per heavy atom. The highest BCUT2D eigenvalue weighted by molar-refractivity contribution is 5.85. The highest BCUT2D eigenvalue weighted by Crippen LogP contribution is 2.21. The Morgan fingerprint density at radius 3 is 2.68 bits per heavy atom. The quantitative estimate of drug-likeness (QED) is 0.803. The van der Waals surface area contributed by atoms with Crippen molar-refractivity contribution in [3.63, 3.8) is 0 Å². The minimum Gasteiger partial charge on any atom is -0.476 e. The summed E-state index contributed by atoms with van der Waals surface area (Å²) in [6.45, 7) is 3.92. The van der Waals surface area contributed by atoms with E-state index in [1.807, 2.05) is 48.9 Å². The van der Waals surface area contributed by atoms with Gasteiger partial charge in [0.05, 0.1) is 29.5 Å². The standard InChI is InChI=1S/C16H14N4O2/c1-10-6-11(2)20(19-10)13-5-3-4-12(7-13)14-8-17-9-15(18-14)16(21)22/h3-9H,1-2H3,(H,21,22). The maximum absolute atomic E-state index is 11.0. The second-order valence-electron chi connectivity index (χ2n) is 4.98. The predicted octanol–water partition coefficient (Wildman–Crippen LogP) is 2.64. The maximum atomic E-state index is 11.0. The number of rotatable bonds is 3. The number of benzene rings is 1. The average Bonchev–Trinajstić information content (AvgIpc) is 2.86. The second kappa shape index (κ2) is 5.40. The maximum Gasteiger partial charge on any atom is 0.356 e. The fourth-order valence-electron chi connectivity index (χ4n) is 2.30. The Bertz CT molecular complexity index is 855. The molecule has 0 radical (unpaired) electrons. The van der Waals surface area contributed by atoms with Crippen molar-refractivity contribution in [2.45, 2.75) is 13.8 Å². The third-order valence-corrected chi connectivity index (χ3v) is 3.25. The Labute approximate surface area is 127 Å². The Balaban J connectivity index is 2.06. The van der Waals surface area contributed by atoms with E-state index in [0.717, 1.165) is 22.6 Å². The summed E-state index contributed by atoms with van der Waals surface area (Å²) >= 11 is 0. The molecule has 3 aromatic rings. The minimum absolute atomic E-state index is 0.0750.